The second-order valence-corrected chi connectivity index (χ2v) is 4.94. The SMILES string of the molecule is CCOc1ccc([N+](=O)[O-])cc1NC(=O)CCc1cnn(C)c1. The number of nitrogens with one attached hydrogen (secondary N) is 1. The summed E-state index contributed by atoms with van der Waals surface area (Å²) < 4.78 is 7.06. The number of hydrogen-bond acceptors (Lipinski definition) is 5. The van der Waals surface area contributed by atoms with Gasteiger partial charge in [-0.3, -0.25) is 19.6 Å². The normalized spacial score (nSPS) is 10.3. The van der Waals surface area contributed by atoms with Crippen molar-refractivity contribution in [3.63, 3.8) is 0 Å². The van der Waals surface area contributed by atoms with Crippen LogP contribution in [-0.2, 0) is 18.3 Å². The molecule has 1 heterocycles. The lowest BCUT2D eigenvalue weighted by Crippen LogP contribution is -2.13. The summed E-state index contributed by atoms with van der Waals surface area (Å²) in [5, 5.41) is 17.6. The Bertz CT molecular complexity index is 711. The van der Waals surface area contributed by atoms with Crippen molar-refractivity contribution in [3.05, 3.63) is 46.3 Å². The van der Waals surface area contributed by atoms with Gasteiger partial charge >= 0.3 is 0 Å². The predicted molar refractivity (Wildman–Crippen MR) is 84.4 cm³/mol. The molecule has 0 saturated heterocycles. The molecule has 0 unspecified atom stereocenters. The molecule has 0 saturated carbocycles. The number of carbonyl (C=O) groups is 1. The lowest BCUT2D eigenvalue weighted by Gasteiger charge is -2.11. The van der Waals surface area contributed by atoms with Crippen LogP contribution in [0.2, 0.25) is 0 Å². The Hall–Kier alpha value is -2.90. The quantitative estimate of drug-likeness (QED) is 0.623. The predicted octanol–water partition coefficient (Wildman–Crippen LogP) is 2.30. The molecule has 2 rings (SSSR count). The fourth-order valence-electron chi connectivity index (χ4n) is 2.08. The van der Waals surface area contributed by atoms with Gasteiger partial charge in [-0.05, 0) is 25.0 Å². The third kappa shape index (κ3) is 4.53. The number of nitro benzene ring substituents is 1. The van der Waals surface area contributed by atoms with Crippen molar-refractivity contribution in [3.8, 4) is 5.75 Å². The maximum Gasteiger partial charge on any atom is 0.271 e. The number of aryl methyl sites for hydroxylation is 2. The second kappa shape index (κ2) is 7.39. The molecule has 0 radical (unpaired) electrons. The number of amides is 1. The van der Waals surface area contributed by atoms with Gasteiger partial charge in [-0.1, -0.05) is 0 Å². The van der Waals surface area contributed by atoms with E-state index in [1.165, 1.54) is 18.2 Å². The Balaban J connectivity index is 2.05. The molecular weight excluding hydrogens is 300 g/mol. The van der Waals surface area contributed by atoms with E-state index in [4.69, 9.17) is 4.74 Å². The summed E-state index contributed by atoms with van der Waals surface area (Å²) in [6.45, 7) is 2.20. The van der Waals surface area contributed by atoms with Crippen molar-refractivity contribution in [2.45, 2.75) is 19.8 Å². The highest BCUT2D eigenvalue weighted by atomic mass is 16.6. The maximum absolute atomic E-state index is 12.1. The van der Waals surface area contributed by atoms with Crippen molar-refractivity contribution in [1.82, 2.24) is 9.78 Å². The largest absolute Gasteiger partial charge is 0.492 e. The molecule has 0 fully saturated rings. The van der Waals surface area contributed by atoms with Crippen LogP contribution in [0.1, 0.15) is 18.9 Å². The van der Waals surface area contributed by atoms with Crippen molar-refractivity contribution in [2.24, 2.45) is 7.05 Å². The van der Waals surface area contributed by atoms with Crippen LogP contribution in [0.3, 0.4) is 0 Å². The summed E-state index contributed by atoms with van der Waals surface area (Å²) in [5.41, 5.74) is 1.15. The minimum absolute atomic E-state index is 0.101. The van der Waals surface area contributed by atoms with E-state index in [1.807, 2.05) is 6.20 Å². The van der Waals surface area contributed by atoms with Crippen LogP contribution in [0, 0.1) is 10.1 Å². The fourth-order valence-corrected chi connectivity index (χ4v) is 2.08. The topological polar surface area (TPSA) is 99.3 Å². The molecule has 0 aliphatic carbocycles. The highest BCUT2D eigenvalue weighted by molar-refractivity contribution is 5.92. The zero-order chi connectivity index (χ0) is 16.8. The molecule has 23 heavy (non-hydrogen) atoms. The Kier molecular flexibility index (Phi) is 5.29. The molecule has 0 bridgehead atoms. The van der Waals surface area contributed by atoms with Crippen LogP contribution in [-0.4, -0.2) is 27.2 Å². The van der Waals surface area contributed by atoms with Crippen LogP contribution in [0.5, 0.6) is 5.75 Å². The first kappa shape index (κ1) is 16.5. The van der Waals surface area contributed by atoms with Crippen LogP contribution < -0.4 is 10.1 Å². The van der Waals surface area contributed by atoms with E-state index >= 15 is 0 Å². The molecule has 1 N–H and O–H groups in total. The number of nitro groups is 1. The average Bonchev–Trinajstić information content (AvgIpc) is 2.92. The van der Waals surface area contributed by atoms with E-state index in [1.54, 1.807) is 24.9 Å². The van der Waals surface area contributed by atoms with E-state index in [9.17, 15) is 14.9 Å². The number of rotatable bonds is 7. The summed E-state index contributed by atoms with van der Waals surface area (Å²) >= 11 is 0. The van der Waals surface area contributed by atoms with Crippen molar-refractivity contribution < 1.29 is 14.5 Å². The first-order chi connectivity index (χ1) is 11.0. The number of anilines is 1. The third-order valence-electron chi connectivity index (χ3n) is 3.15. The maximum atomic E-state index is 12.1. The Morgan fingerprint density at radius 1 is 1.48 bits per heavy atom. The first-order valence-corrected chi connectivity index (χ1v) is 7.18. The Labute approximate surface area is 133 Å². The molecule has 2 aromatic rings. The summed E-state index contributed by atoms with van der Waals surface area (Å²) in [7, 11) is 1.81. The minimum Gasteiger partial charge on any atom is -0.492 e. The number of carbonyl (C=O) groups excluding carboxylic acids is 1. The lowest BCUT2D eigenvalue weighted by molar-refractivity contribution is -0.384. The summed E-state index contributed by atoms with van der Waals surface area (Å²) in [5.74, 6) is 0.170. The van der Waals surface area contributed by atoms with Gasteiger partial charge in [-0.25, -0.2) is 0 Å². The average molecular weight is 318 g/mol. The first-order valence-electron chi connectivity index (χ1n) is 7.18. The van der Waals surface area contributed by atoms with Gasteiger partial charge in [0.2, 0.25) is 5.91 Å². The monoisotopic (exact) mass is 318 g/mol. The smallest absolute Gasteiger partial charge is 0.271 e. The number of benzene rings is 1. The van der Waals surface area contributed by atoms with Gasteiger partial charge in [0, 0.05) is 31.8 Å². The molecule has 0 spiro atoms. The fraction of sp³-hybridized carbons (Fsp3) is 0.333. The molecule has 1 aromatic carbocycles. The van der Waals surface area contributed by atoms with Gasteiger partial charge in [0.1, 0.15) is 5.75 Å². The Morgan fingerprint density at radius 3 is 2.87 bits per heavy atom. The molecule has 8 heteroatoms. The van der Waals surface area contributed by atoms with E-state index in [0.29, 0.717) is 24.5 Å². The van der Waals surface area contributed by atoms with Gasteiger partial charge in [0.25, 0.3) is 5.69 Å². The summed E-state index contributed by atoms with van der Waals surface area (Å²) in [6.07, 6.45) is 4.33. The lowest BCUT2D eigenvalue weighted by atomic mass is 10.2. The summed E-state index contributed by atoms with van der Waals surface area (Å²) in [6, 6.07) is 4.13. The van der Waals surface area contributed by atoms with Crippen molar-refractivity contribution in [1.29, 1.82) is 0 Å². The number of non-ortho nitro benzene ring substituents is 1. The number of hydrogen-bond donors (Lipinski definition) is 1. The molecule has 0 aliphatic heterocycles. The molecule has 8 nitrogen and oxygen atoms in total. The van der Waals surface area contributed by atoms with Crippen LogP contribution >= 0.6 is 0 Å². The molecule has 1 amide bonds. The van der Waals surface area contributed by atoms with E-state index in [0.717, 1.165) is 5.56 Å². The van der Waals surface area contributed by atoms with Crippen LogP contribution in [0.4, 0.5) is 11.4 Å². The van der Waals surface area contributed by atoms with Gasteiger partial charge in [-0.15, -0.1) is 0 Å². The molecular formula is C15H18N4O4. The highest BCUT2D eigenvalue weighted by Gasteiger charge is 2.14. The van der Waals surface area contributed by atoms with Crippen molar-refractivity contribution >= 4 is 17.3 Å². The zero-order valence-electron chi connectivity index (χ0n) is 13.0. The van der Waals surface area contributed by atoms with Gasteiger partial charge in [0.05, 0.1) is 23.4 Å². The highest BCUT2D eigenvalue weighted by Crippen LogP contribution is 2.29. The van der Waals surface area contributed by atoms with E-state index in [2.05, 4.69) is 10.4 Å². The third-order valence-corrected chi connectivity index (χ3v) is 3.15. The Morgan fingerprint density at radius 2 is 2.26 bits per heavy atom. The van der Waals surface area contributed by atoms with Gasteiger partial charge < -0.3 is 10.1 Å². The number of nitrogens with zero attached hydrogens (tertiary/aromatic N) is 3. The van der Waals surface area contributed by atoms with E-state index in [-0.39, 0.29) is 18.0 Å². The summed E-state index contributed by atoms with van der Waals surface area (Å²) in [4.78, 5) is 22.4. The van der Waals surface area contributed by atoms with Gasteiger partial charge in [-0.2, -0.15) is 5.10 Å². The number of ether oxygens (including phenoxy) is 1. The van der Waals surface area contributed by atoms with Gasteiger partial charge in [0.15, 0.2) is 0 Å². The standard InChI is InChI=1S/C15H18N4O4/c1-3-23-14-6-5-12(19(21)22)8-13(14)17-15(20)7-4-11-9-16-18(2)10-11/h5-6,8-10H,3-4,7H2,1-2H3,(H,17,20). The van der Waals surface area contributed by atoms with Crippen LogP contribution in [0.15, 0.2) is 30.6 Å². The zero-order valence-corrected chi connectivity index (χ0v) is 13.0. The molecule has 122 valence electrons. The molecule has 1 aromatic heterocycles. The number of aromatic nitrogens is 2. The van der Waals surface area contributed by atoms with Crippen molar-refractivity contribution in [2.75, 3.05) is 11.9 Å². The molecule has 0 aliphatic rings. The minimum atomic E-state index is -0.513. The molecule has 0 atom stereocenters. The van der Waals surface area contributed by atoms with Crippen LogP contribution in [0.25, 0.3) is 0 Å². The second-order valence-electron chi connectivity index (χ2n) is 4.94. The van der Waals surface area contributed by atoms with E-state index < -0.39 is 4.92 Å².